The summed E-state index contributed by atoms with van der Waals surface area (Å²) in [6.45, 7) is 10.6. The first-order chi connectivity index (χ1) is 8.13. The average Bonchev–Trinajstić information content (AvgIpc) is 2.32. The van der Waals surface area contributed by atoms with Gasteiger partial charge in [-0.3, -0.25) is 0 Å². The van der Waals surface area contributed by atoms with E-state index in [-0.39, 0.29) is 0 Å². The summed E-state index contributed by atoms with van der Waals surface area (Å²) in [5, 5.41) is 3.51. The molecule has 0 aromatic carbocycles. The van der Waals surface area contributed by atoms with Crippen LogP contribution < -0.4 is 5.32 Å². The van der Waals surface area contributed by atoms with E-state index in [9.17, 15) is 0 Å². The molecule has 3 nitrogen and oxygen atoms in total. The van der Waals surface area contributed by atoms with Crippen molar-refractivity contribution in [1.82, 2.24) is 15.1 Å². The Kier molecular flexibility index (Phi) is 7.09. The maximum atomic E-state index is 3.51. The van der Waals surface area contributed by atoms with Crippen LogP contribution in [0.2, 0.25) is 0 Å². The minimum Gasteiger partial charge on any atom is -0.315 e. The lowest BCUT2D eigenvalue weighted by atomic mass is 9.96. The van der Waals surface area contributed by atoms with Crippen molar-refractivity contribution in [3.05, 3.63) is 0 Å². The standard InChI is InChI=1S/C14H31N3/c1-5-8-15-11-13(2)17(4)12-14-6-9-16(3)10-7-14/h13-15H,5-12H2,1-4H3. The van der Waals surface area contributed by atoms with Gasteiger partial charge in [0, 0.05) is 19.1 Å². The predicted molar refractivity (Wildman–Crippen MR) is 75.5 cm³/mol. The summed E-state index contributed by atoms with van der Waals surface area (Å²) < 4.78 is 0. The van der Waals surface area contributed by atoms with Crippen LogP contribution in [0.15, 0.2) is 0 Å². The average molecular weight is 241 g/mol. The maximum Gasteiger partial charge on any atom is 0.0189 e. The van der Waals surface area contributed by atoms with Gasteiger partial charge in [0.1, 0.15) is 0 Å². The lowest BCUT2D eigenvalue weighted by Gasteiger charge is -2.34. The van der Waals surface area contributed by atoms with E-state index in [1.54, 1.807) is 0 Å². The first-order valence-corrected chi connectivity index (χ1v) is 7.23. The fourth-order valence-electron chi connectivity index (χ4n) is 2.48. The molecule has 1 unspecified atom stereocenters. The number of hydrogen-bond acceptors (Lipinski definition) is 3. The second kappa shape index (κ2) is 8.06. The Morgan fingerprint density at radius 2 is 2.00 bits per heavy atom. The Hall–Kier alpha value is -0.120. The molecule has 1 rings (SSSR count). The molecular formula is C14H31N3. The zero-order valence-electron chi connectivity index (χ0n) is 12.2. The second-order valence-electron chi connectivity index (χ2n) is 5.74. The molecule has 0 amide bonds. The molecule has 1 aliphatic heterocycles. The van der Waals surface area contributed by atoms with Gasteiger partial charge in [-0.05, 0) is 65.8 Å². The topological polar surface area (TPSA) is 18.5 Å². The number of piperidine rings is 1. The van der Waals surface area contributed by atoms with E-state index in [2.05, 4.69) is 43.1 Å². The van der Waals surface area contributed by atoms with Gasteiger partial charge in [-0.2, -0.15) is 0 Å². The van der Waals surface area contributed by atoms with E-state index in [1.807, 2.05) is 0 Å². The highest BCUT2D eigenvalue weighted by atomic mass is 15.2. The van der Waals surface area contributed by atoms with Crippen molar-refractivity contribution in [2.75, 3.05) is 46.8 Å². The largest absolute Gasteiger partial charge is 0.315 e. The van der Waals surface area contributed by atoms with Crippen molar-refractivity contribution >= 4 is 0 Å². The molecule has 1 atom stereocenters. The normalized spacial score (nSPS) is 21.0. The van der Waals surface area contributed by atoms with Crippen LogP contribution >= 0.6 is 0 Å². The molecule has 0 saturated carbocycles. The summed E-state index contributed by atoms with van der Waals surface area (Å²) in [5.74, 6) is 0.907. The smallest absolute Gasteiger partial charge is 0.0189 e. The van der Waals surface area contributed by atoms with Gasteiger partial charge in [0.15, 0.2) is 0 Å². The Morgan fingerprint density at radius 1 is 1.35 bits per heavy atom. The molecule has 0 aliphatic carbocycles. The minimum absolute atomic E-state index is 0.654. The summed E-state index contributed by atoms with van der Waals surface area (Å²) in [7, 11) is 4.51. The molecule has 102 valence electrons. The van der Waals surface area contributed by atoms with Gasteiger partial charge >= 0.3 is 0 Å². The third-order valence-electron chi connectivity index (χ3n) is 4.00. The molecule has 17 heavy (non-hydrogen) atoms. The van der Waals surface area contributed by atoms with Crippen LogP contribution in [0.5, 0.6) is 0 Å². The van der Waals surface area contributed by atoms with Gasteiger partial charge in [0.25, 0.3) is 0 Å². The van der Waals surface area contributed by atoms with Crippen LogP contribution in [0.1, 0.15) is 33.1 Å². The van der Waals surface area contributed by atoms with Crippen molar-refractivity contribution in [2.24, 2.45) is 5.92 Å². The van der Waals surface area contributed by atoms with E-state index in [0.717, 1.165) is 19.0 Å². The van der Waals surface area contributed by atoms with Crippen molar-refractivity contribution in [2.45, 2.75) is 39.2 Å². The van der Waals surface area contributed by atoms with Gasteiger partial charge in [0.05, 0.1) is 0 Å². The first-order valence-electron chi connectivity index (χ1n) is 7.23. The lowest BCUT2D eigenvalue weighted by Crippen LogP contribution is -2.42. The summed E-state index contributed by atoms with van der Waals surface area (Å²) in [5.41, 5.74) is 0. The van der Waals surface area contributed by atoms with Crippen molar-refractivity contribution in [3.8, 4) is 0 Å². The highest BCUT2D eigenvalue weighted by Gasteiger charge is 2.19. The van der Waals surface area contributed by atoms with Crippen molar-refractivity contribution in [3.63, 3.8) is 0 Å². The summed E-state index contributed by atoms with van der Waals surface area (Å²) in [4.78, 5) is 4.97. The Balaban J connectivity index is 2.16. The molecule has 0 radical (unpaired) electrons. The lowest BCUT2D eigenvalue weighted by molar-refractivity contribution is 0.153. The van der Waals surface area contributed by atoms with E-state index < -0.39 is 0 Å². The fraction of sp³-hybridized carbons (Fsp3) is 1.00. The summed E-state index contributed by atoms with van der Waals surface area (Å²) >= 11 is 0. The van der Waals surface area contributed by atoms with Crippen molar-refractivity contribution in [1.29, 1.82) is 0 Å². The van der Waals surface area contributed by atoms with Crippen LogP contribution in [0, 0.1) is 5.92 Å². The van der Waals surface area contributed by atoms with Crippen LogP contribution in [-0.2, 0) is 0 Å². The molecule has 0 aromatic heterocycles. The number of likely N-dealkylation sites (N-methyl/N-ethyl adjacent to an activating group) is 1. The fourth-order valence-corrected chi connectivity index (χ4v) is 2.48. The molecular weight excluding hydrogens is 210 g/mol. The molecule has 1 aliphatic rings. The van der Waals surface area contributed by atoms with Gasteiger partial charge in [-0.25, -0.2) is 0 Å². The third kappa shape index (κ3) is 5.84. The Labute approximate surface area is 108 Å². The molecule has 0 spiro atoms. The minimum atomic E-state index is 0.654. The molecule has 1 saturated heterocycles. The highest BCUT2D eigenvalue weighted by Crippen LogP contribution is 2.17. The maximum absolute atomic E-state index is 3.51. The quantitative estimate of drug-likeness (QED) is 0.684. The Morgan fingerprint density at radius 3 is 2.59 bits per heavy atom. The third-order valence-corrected chi connectivity index (χ3v) is 4.00. The number of likely N-dealkylation sites (tertiary alicyclic amines) is 1. The van der Waals surface area contributed by atoms with E-state index in [4.69, 9.17) is 0 Å². The zero-order chi connectivity index (χ0) is 12.7. The molecule has 0 aromatic rings. The first kappa shape index (κ1) is 14.9. The van der Waals surface area contributed by atoms with Crippen LogP contribution in [0.4, 0.5) is 0 Å². The van der Waals surface area contributed by atoms with Gasteiger partial charge < -0.3 is 15.1 Å². The van der Waals surface area contributed by atoms with Crippen LogP contribution in [0.3, 0.4) is 0 Å². The van der Waals surface area contributed by atoms with Crippen LogP contribution in [-0.4, -0.2) is 62.7 Å². The summed E-state index contributed by atoms with van der Waals surface area (Å²) in [6.07, 6.45) is 3.97. The highest BCUT2D eigenvalue weighted by molar-refractivity contribution is 4.75. The molecule has 0 bridgehead atoms. The predicted octanol–water partition coefficient (Wildman–Crippen LogP) is 1.65. The molecule has 1 N–H and O–H groups in total. The number of rotatable bonds is 7. The number of nitrogens with one attached hydrogen (secondary N) is 1. The van der Waals surface area contributed by atoms with E-state index >= 15 is 0 Å². The SMILES string of the molecule is CCCNCC(C)N(C)CC1CCN(C)CC1. The zero-order valence-corrected chi connectivity index (χ0v) is 12.2. The van der Waals surface area contributed by atoms with E-state index in [1.165, 1.54) is 38.9 Å². The molecule has 1 fully saturated rings. The molecule has 3 heteroatoms. The Bertz CT molecular complexity index is 188. The van der Waals surface area contributed by atoms with E-state index in [0.29, 0.717) is 6.04 Å². The van der Waals surface area contributed by atoms with Crippen molar-refractivity contribution < 1.29 is 0 Å². The number of hydrogen-bond donors (Lipinski definition) is 1. The number of nitrogens with zero attached hydrogens (tertiary/aromatic N) is 2. The van der Waals surface area contributed by atoms with Gasteiger partial charge in [-0.15, -0.1) is 0 Å². The second-order valence-corrected chi connectivity index (χ2v) is 5.74. The summed E-state index contributed by atoms with van der Waals surface area (Å²) in [6, 6.07) is 0.654. The monoisotopic (exact) mass is 241 g/mol. The van der Waals surface area contributed by atoms with Gasteiger partial charge in [0.2, 0.25) is 0 Å². The van der Waals surface area contributed by atoms with Gasteiger partial charge in [-0.1, -0.05) is 6.92 Å². The molecule has 1 heterocycles. The van der Waals surface area contributed by atoms with Crippen LogP contribution in [0.25, 0.3) is 0 Å².